The molecule has 0 spiro atoms. The lowest BCUT2D eigenvalue weighted by Gasteiger charge is -2.38. The standard InChI is InChI=1S/C13H31NO5Si3/c1-20(2,3)18-22(7,19-21(4,5)6)10-8-9-14-12(15)11-13(16)17/h8-11H2,1-7H3,(H,14,15)(H,16,17). The predicted octanol–water partition coefficient (Wildman–Crippen LogP) is 2.74. The van der Waals surface area contributed by atoms with Crippen molar-refractivity contribution in [1.29, 1.82) is 0 Å². The van der Waals surface area contributed by atoms with Gasteiger partial charge >= 0.3 is 14.5 Å². The molecular formula is C13H31NO5Si3. The second-order valence-electron chi connectivity index (χ2n) is 7.59. The summed E-state index contributed by atoms with van der Waals surface area (Å²) in [5.74, 6) is -1.56. The SMILES string of the molecule is C[Si](C)(C)O[Si](C)(CCCNC(=O)CC(=O)O)O[Si](C)(C)C. The van der Waals surface area contributed by atoms with Gasteiger partial charge < -0.3 is 18.7 Å². The van der Waals surface area contributed by atoms with E-state index < -0.39 is 43.5 Å². The summed E-state index contributed by atoms with van der Waals surface area (Å²) in [5.41, 5.74) is 0. The number of carboxylic acid groups (broad SMARTS) is 1. The van der Waals surface area contributed by atoms with Gasteiger partial charge in [-0.05, 0) is 58.3 Å². The van der Waals surface area contributed by atoms with E-state index in [4.69, 9.17) is 13.3 Å². The van der Waals surface area contributed by atoms with Crippen LogP contribution in [0.5, 0.6) is 0 Å². The Morgan fingerprint density at radius 2 is 1.41 bits per heavy atom. The maximum Gasteiger partial charge on any atom is 0.314 e. The van der Waals surface area contributed by atoms with Crippen molar-refractivity contribution < 1.29 is 22.9 Å². The van der Waals surface area contributed by atoms with Crippen LogP contribution in [0.15, 0.2) is 0 Å². The van der Waals surface area contributed by atoms with Crippen molar-refractivity contribution in [3.8, 4) is 0 Å². The molecule has 0 saturated heterocycles. The van der Waals surface area contributed by atoms with Gasteiger partial charge in [0.1, 0.15) is 6.42 Å². The van der Waals surface area contributed by atoms with Gasteiger partial charge in [-0.25, -0.2) is 0 Å². The smallest absolute Gasteiger partial charge is 0.314 e. The maximum atomic E-state index is 11.3. The van der Waals surface area contributed by atoms with Gasteiger partial charge in [-0.15, -0.1) is 0 Å². The van der Waals surface area contributed by atoms with E-state index >= 15 is 0 Å². The third-order valence-corrected chi connectivity index (χ3v) is 12.1. The molecule has 0 heterocycles. The van der Waals surface area contributed by atoms with Crippen LogP contribution in [0, 0.1) is 0 Å². The topological polar surface area (TPSA) is 84.9 Å². The minimum Gasteiger partial charge on any atom is -0.481 e. The minimum absolute atomic E-state index is 0.451. The Morgan fingerprint density at radius 1 is 0.955 bits per heavy atom. The second kappa shape index (κ2) is 8.39. The summed E-state index contributed by atoms with van der Waals surface area (Å²) >= 11 is 0. The molecule has 0 fully saturated rings. The molecule has 0 bridgehead atoms. The molecule has 6 nitrogen and oxygen atoms in total. The fraction of sp³-hybridized carbons (Fsp3) is 0.846. The highest BCUT2D eigenvalue weighted by molar-refractivity contribution is 6.87. The van der Waals surface area contributed by atoms with Gasteiger partial charge in [-0.3, -0.25) is 9.59 Å². The maximum absolute atomic E-state index is 11.3. The molecule has 0 rings (SSSR count). The second-order valence-corrected chi connectivity index (χ2v) is 20.4. The van der Waals surface area contributed by atoms with Crippen molar-refractivity contribution >= 4 is 37.1 Å². The first-order valence-electron chi connectivity index (χ1n) is 7.61. The quantitative estimate of drug-likeness (QED) is 0.353. The minimum atomic E-state index is -2.27. The molecule has 2 N–H and O–H groups in total. The summed E-state index contributed by atoms with van der Waals surface area (Å²) in [7, 11) is -5.67. The van der Waals surface area contributed by atoms with E-state index in [2.05, 4.69) is 51.1 Å². The molecule has 0 aromatic rings. The van der Waals surface area contributed by atoms with Crippen molar-refractivity contribution in [2.24, 2.45) is 0 Å². The molecule has 130 valence electrons. The fourth-order valence-corrected chi connectivity index (χ4v) is 14.8. The highest BCUT2D eigenvalue weighted by Gasteiger charge is 2.39. The van der Waals surface area contributed by atoms with E-state index in [1.165, 1.54) is 0 Å². The highest BCUT2D eigenvalue weighted by atomic mass is 28.5. The zero-order valence-corrected chi connectivity index (χ0v) is 17.9. The molecule has 22 heavy (non-hydrogen) atoms. The monoisotopic (exact) mass is 365 g/mol. The van der Waals surface area contributed by atoms with E-state index in [1.807, 2.05) is 0 Å². The van der Waals surface area contributed by atoms with Crippen LogP contribution in [0.4, 0.5) is 0 Å². The Bertz CT molecular complexity index is 374. The van der Waals surface area contributed by atoms with Crippen LogP contribution in [0.1, 0.15) is 12.8 Å². The van der Waals surface area contributed by atoms with E-state index in [-0.39, 0.29) is 0 Å². The number of amides is 1. The third-order valence-electron chi connectivity index (χ3n) is 2.49. The average Bonchev–Trinajstić information content (AvgIpc) is 2.17. The number of aliphatic carboxylic acids is 1. The first-order valence-corrected chi connectivity index (χ1v) is 17.0. The molecule has 0 saturated carbocycles. The molecule has 0 aliphatic rings. The van der Waals surface area contributed by atoms with Crippen molar-refractivity contribution in [2.45, 2.75) is 64.7 Å². The lowest BCUT2D eigenvalue weighted by molar-refractivity contribution is -0.140. The lowest BCUT2D eigenvalue weighted by atomic mass is 10.4. The van der Waals surface area contributed by atoms with E-state index in [0.29, 0.717) is 6.54 Å². The highest BCUT2D eigenvalue weighted by Crippen LogP contribution is 2.25. The Balaban J connectivity index is 4.48. The number of hydrogen-bond donors (Lipinski definition) is 2. The van der Waals surface area contributed by atoms with Crippen LogP contribution in [-0.2, 0) is 17.8 Å². The largest absolute Gasteiger partial charge is 0.481 e. The van der Waals surface area contributed by atoms with Crippen LogP contribution >= 0.6 is 0 Å². The average molecular weight is 366 g/mol. The van der Waals surface area contributed by atoms with Crippen LogP contribution in [0.25, 0.3) is 0 Å². The van der Waals surface area contributed by atoms with Crippen molar-refractivity contribution in [3.63, 3.8) is 0 Å². The van der Waals surface area contributed by atoms with E-state index in [0.717, 1.165) is 12.5 Å². The molecule has 0 aliphatic carbocycles. The number of nitrogens with one attached hydrogen (secondary N) is 1. The molecule has 9 heteroatoms. The van der Waals surface area contributed by atoms with Gasteiger partial charge in [0.05, 0.1) is 0 Å². The summed E-state index contributed by atoms with van der Waals surface area (Å²) < 4.78 is 12.7. The normalized spacial score (nSPS) is 13.0. The Hall–Kier alpha value is -0.489. The van der Waals surface area contributed by atoms with Gasteiger partial charge in [0, 0.05) is 6.54 Å². The first-order chi connectivity index (χ1) is 9.72. The first kappa shape index (κ1) is 21.5. The summed E-state index contributed by atoms with van der Waals surface area (Å²) in [4.78, 5) is 21.7. The predicted molar refractivity (Wildman–Crippen MR) is 95.2 cm³/mol. The Kier molecular flexibility index (Phi) is 8.20. The summed E-state index contributed by atoms with van der Waals surface area (Å²) in [6.07, 6.45) is 0.258. The molecule has 0 aromatic carbocycles. The molecule has 0 aliphatic heterocycles. The van der Waals surface area contributed by atoms with Crippen LogP contribution in [-0.4, -0.2) is 48.7 Å². The van der Waals surface area contributed by atoms with Gasteiger partial charge in [-0.1, -0.05) is 0 Å². The molecular weight excluding hydrogens is 334 g/mol. The lowest BCUT2D eigenvalue weighted by Crippen LogP contribution is -2.52. The van der Waals surface area contributed by atoms with E-state index in [9.17, 15) is 9.59 Å². The number of hydrogen-bond acceptors (Lipinski definition) is 4. The van der Waals surface area contributed by atoms with Crippen molar-refractivity contribution in [1.82, 2.24) is 5.32 Å². The summed E-state index contributed by atoms with van der Waals surface area (Å²) in [5, 5.41) is 11.2. The number of carbonyl (C=O) groups is 2. The van der Waals surface area contributed by atoms with Gasteiger partial charge in [0.15, 0.2) is 16.6 Å². The zero-order chi connectivity index (χ0) is 17.6. The van der Waals surface area contributed by atoms with Crippen LogP contribution in [0.3, 0.4) is 0 Å². The molecule has 1 amide bonds. The number of carbonyl (C=O) groups excluding carboxylic acids is 1. The van der Waals surface area contributed by atoms with E-state index in [1.54, 1.807) is 0 Å². The van der Waals surface area contributed by atoms with Gasteiger partial charge in [-0.2, -0.15) is 0 Å². The van der Waals surface area contributed by atoms with Crippen molar-refractivity contribution in [3.05, 3.63) is 0 Å². The molecule has 0 atom stereocenters. The Labute approximate surface area is 137 Å². The number of rotatable bonds is 10. The number of carboxylic acids is 1. The Morgan fingerprint density at radius 3 is 1.77 bits per heavy atom. The third kappa shape index (κ3) is 12.1. The van der Waals surface area contributed by atoms with Crippen LogP contribution < -0.4 is 5.32 Å². The zero-order valence-electron chi connectivity index (χ0n) is 14.9. The van der Waals surface area contributed by atoms with Gasteiger partial charge in [0.2, 0.25) is 5.91 Å². The van der Waals surface area contributed by atoms with Gasteiger partial charge in [0.25, 0.3) is 0 Å². The summed E-state index contributed by atoms with van der Waals surface area (Å²) in [6.45, 7) is 15.5. The summed E-state index contributed by atoms with van der Waals surface area (Å²) in [6, 6.07) is 0.800. The van der Waals surface area contributed by atoms with Crippen molar-refractivity contribution in [2.75, 3.05) is 6.54 Å². The fourth-order valence-electron chi connectivity index (χ4n) is 2.26. The molecule has 0 aromatic heterocycles. The van der Waals surface area contributed by atoms with Crippen LogP contribution in [0.2, 0.25) is 51.9 Å². The molecule has 0 radical (unpaired) electrons. The molecule has 0 unspecified atom stereocenters.